The lowest BCUT2D eigenvalue weighted by Crippen LogP contribution is -2.23. The van der Waals surface area contributed by atoms with Gasteiger partial charge < -0.3 is 20.1 Å². The predicted octanol–water partition coefficient (Wildman–Crippen LogP) is 2.18. The zero-order chi connectivity index (χ0) is 14.8. The Morgan fingerprint density at radius 1 is 0.950 bits per heavy atom. The Balaban J connectivity index is 2.45. The van der Waals surface area contributed by atoms with Gasteiger partial charge in [-0.05, 0) is 31.0 Å². The maximum Gasteiger partial charge on any atom is 0.407 e. The van der Waals surface area contributed by atoms with Crippen LogP contribution in [-0.4, -0.2) is 25.3 Å². The van der Waals surface area contributed by atoms with Gasteiger partial charge in [-0.15, -0.1) is 0 Å². The molecular weight excluding hydrogens is 260 g/mol. The fourth-order valence-corrected chi connectivity index (χ4v) is 1.50. The number of carbonyl (C=O) groups excluding carboxylic acids is 2. The molecule has 0 unspecified atom stereocenters. The van der Waals surface area contributed by atoms with E-state index in [-0.39, 0.29) is 13.2 Å². The van der Waals surface area contributed by atoms with Crippen molar-refractivity contribution in [2.75, 3.05) is 13.1 Å². The van der Waals surface area contributed by atoms with E-state index < -0.39 is 12.2 Å². The maximum absolute atomic E-state index is 11.2. The van der Waals surface area contributed by atoms with Gasteiger partial charge in [-0.25, -0.2) is 9.59 Å². The van der Waals surface area contributed by atoms with Gasteiger partial charge in [0.2, 0.25) is 0 Å². The van der Waals surface area contributed by atoms with Gasteiger partial charge in [-0.3, -0.25) is 0 Å². The highest BCUT2D eigenvalue weighted by Crippen LogP contribution is 2.08. The molecule has 0 spiro atoms. The van der Waals surface area contributed by atoms with E-state index in [1.165, 1.54) is 0 Å². The summed E-state index contributed by atoms with van der Waals surface area (Å²) in [5, 5.41) is 5.09. The standard InChI is InChI=1S/C14H20N2O4/c1-3-15-13(17)19-9-11-6-5-7-12(8-11)10-20-14(18)16-4-2/h5-8H,3-4,9-10H2,1-2H3,(H,15,17)(H,16,18). The van der Waals surface area contributed by atoms with Crippen LogP contribution in [0.4, 0.5) is 9.59 Å². The summed E-state index contributed by atoms with van der Waals surface area (Å²) in [6, 6.07) is 7.34. The van der Waals surface area contributed by atoms with Gasteiger partial charge in [0.15, 0.2) is 0 Å². The van der Waals surface area contributed by atoms with Gasteiger partial charge in [0.1, 0.15) is 13.2 Å². The van der Waals surface area contributed by atoms with E-state index in [4.69, 9.17) is 9.47 Å². The van der Waals surface area contributed by atoms with Crippen LogP contribution in [0.5, 0.6) is 0 Å². The molecule has 0 saturated heterocycles. The number of carbonyl (C=O) groups is 2. The molecule has 6 nitrogen and oxygen atoms in total. The van der Waals surface area contributed by atoms with Gasteiger partial charge in [0.25, 0.3) is 0 Å². The van der Waals surface area contributed by atoms with E-state index >= 15 is 0 Å². The SMILES string of the molecule is CCNC(=O)OCc1cccc(COC(=O)NCC)c1. The summed E-state index contributed by atoms with van der Waals surface area (Å²) in [6.07, 6.45) is -0.895. The summed E-state index contributed by atoms with van der Waals surface area (Å²) in [6.45, 7) is 5.06. The normalized spacial score (nSPS) is 9.70. The average Bonchev–Trinajstić information content (AvgIpc) is 2.44. The lowest BCUT2D eigenvalue weighted by molar-refractivity contribution is 0.139. The molecule has 6 heteroatoms. The van der Waals surface area contributed by atoms with Crippen LogP contribution in [0.2, 0.25) is 0 Å². The van der Waals surface area contributed by atoms with E-state index in [1.807, 2.05) is 38.1 Å². The van der Waals surface area contributed by atoms with Crippen LogP contribution in [0.25, 0.3) is 0 Å². The van der Waals surface area contributed by atoms with Crippen molar-refractivity contribution < 1.29 is 19.1 Å². The Kier molecular flexibility index (Phi) is 6.95. The van der Waals surface area contributed by atoms with E-state index in [2.05, 4.69) is 10.6 Å². The molecule has 2 amide bonds. The summed E-state index contributed by atoms with van der Waals surface area (Å²) in [4.78, 5) is 22.4. The molecule has 110 valence electrons. The van der Waals surface area contributed by atoms with Crippen molar-refractivity contribution in [2.45, 2.75) is 27.1 Å². The predicted molar refractivity (Wildman–Crippen MR) is 74.2 cm³/mol. The molecule has 1 rings (SSSR count). The van der Waals surface area contributed by atoms with E-state index in [1.54, 1.807) is 0 Å². The molecule has 0 aromatic heterocycles. The second-order valence-corrected chi connectivity index (χ2v) is 4.03. The Bertz CT molecular complexity index is 411. The molecule has 0 fully saturated rings. The van der Waals surface area contributed by atoms with Crippen molar-refractivity contribution in [3.05, 3.63) is 35.4 Å². The molecule has 0 aliphatic heterocycles. The van der Waals surface area contributed by atoms with Gasteiger partial charge >= 0.3 is 12.2 Å². The quantitative estimate of drug-likeness (QED) is 0.837. The molecule has 0 atom stereocenters. The highest BCUT2D eigenvalue weighted by atomic mass is 16.6. The summed E-state index contributed by atoms with van der Waals surface area (Å²) in [5.74, 6) is 0. The zero-order valence-corrected chi connectivity index (χ0v) is 11.8. The second kappa shape index (κ2) is 8.79. The zero-order valence-electron chi connectivity index (χ0n) is 11.8. The number of amides is 2. The van der Waals surface area contributed by atoms with Gasteiger partial charge in [0.05, 0.1) is 0 Å². The largest absolute Gasteiger partial charge is 0.445 e. The third kappa shape index (κ3) is 6.08. The first-order chi connectivity index (χ1) is 9.65. The third-order valence-corrected chi connectivity index (χ3v) is 2.37. The minimum atomic E-state index is -0.448. The Morgan fingerprint density at radius 3 is 1.80 bits per heavy atom. The Hall–Kier alpha value is -2.24. The Labute approximate surface area is 118 Å². The molecule has 0 heterocycles. The molecule has 2 N–H and O–H groups in total. The molecule has 1 aromatic rings. The van der Waals surface area contributed by atoms with Crippen molar-refractivity contribution >= 4 is 12.2 Å². The smallest absolute Gasteiger partial charge is 0.407 e. The minimum Gasteiger partial charge on any atom is -0.445 e. The van der Waals surface area contributed by atoms with Crippen molar-refractivity contribution in [3.8, 4) is 0 Å². The lowest BCUT2D eigenvalue weighted by atomic mass is 10.1. The first-order valence-electron chi connectivity index (χ1n) is 6.54. The fourth-order valence-electron chi connectivity index (χ4n) is 1.50. The number of hydrogen-bond acceptors (Lipinski definition) is 4. The van der Waals surface area contributed by atoms with E-state index in [9.17, 15) is 9.59 Å². The van der Waals surface area contributed by atoms with Crippen LogP contribution in [0.15, 0.2) is 24.3 Å². The van der Waals surface area contributed by atoms with Crippen LogP contribution < -0.4 is 10.6 Å². The fraction of sp³-hybridized carbons (Fsp3) is 0.429. The summed E-state index contributed by atoms with van der Waals surface area (Å²) in [7, 11) is 0. The topological polar surface area (TPSA) is 76.7 Å². The molecule has 0 saturated carbocycles. The molecular formula is C14H20N2O4. The van der Waals surface area contributed by atoms with Crippen LogP contribution in [0, 0.1) is 0 Å². The first kappa shape index (κ1) is 15.8. The summed E-state index contributed by atoms with van der Waals surface area (Å²) in [5.41, 5.74) is 1.68. The minimum absolute atomic E-state index is 0.181. The van der Waals surface area contributed by atoms with Crippen molar-refractivity contribution in [1.82, 2.24) is 10.6 Å². The maximum atomic E-state index is 11.2. The highest BCUT2D eigenvalue weighted by molar-refractivity contribution is 5.67. The van der Waals surface area contributed by atoms with Gasteiger partial charge in [0, 0.05) is 13.1 Å². The van der Waals surface area contributed by atoms with Crippen LogP contribution >= 0.6 is 0 Å². The number of ether oxygens (including phenoxy) is 2. The van der Waals surface area contributed by atoms with E-state index in [0.717, 1.165) is 11.1 Å². The number of alkyl carbamates (subject to hydrolysis) is 2. The second-order valence-electron chi connectivity index (χ2n) is 4.03. The van der Waals surface area contributed by atoms with Gasteiger partial charge in [-0.1, -0.05) is 18.2 Å². The van der Waals surface area contributed by atoms with Crippen LogP contribution in [0.3, 0.4) is 0 Å². The third-order valence-electron chi connectivity index (χ3n) is 2.37. The summed E-state index contributed by atoms with van der Waals surface area (Å²) >= 11 is 0. The van der Waals surface area contributed by atoms with Crippen molar-refractivity contribution in [1.29, 1.82) is 0 Å². The molecule has 0 aliphatic rings. The monoisotopic (exact) mass is 280 g/mol. The molecule has 0 radical (unpaired) electrons. The van der Waals surface area contributed by atoms with E-state index in [0.29, 0.717) is 13.1 Å². The van der Waals surface area contributed by atoms with Gasteiger partial charge in [-0.2, -0.15) is 0 Å². The first-order valence-corrected chi connectivity index (χ1v) is 6.54. The number of nitrogens with one attached hydrogen (secondary N) is 2. The Morgan fingerprint density at radius 2 is 1.40 bits per heavy atom. The average molecular weight is 280 g/mol. The molecule has 0 aliphatic carbocycles. The molecule has 20 heavy (non-hydrogen) atoms. The van der Waals surface area contributed by atoms with Crippen LogP contribution in [-0.2, 0) is 22.7 Å². The van der Waals surface area contributed by atoms with Crippen molar-refractivity contribution in [2.24, 2.45) is 0 Å². The highest BCUT2D eigenvalue weighted by Gasteiger charge is 2.04. The van der Waals surface area contributed by atoms with Crippen LogP contribution in [0.1, 0.15) is 25.0 Å². The molecule has 1 aromatic carbocycles. The number of hydrogen-bond donors (Lipinski definition) is 2. The lowest BCUT2D eigenvalue weighted by Gasteiger charge is -2.08. The number of rotatable bonds is 6. The summed E-state index contributed by atoms with van der Waals surface area (Å²) < 4.78 is 10.0. The molecule has 0 bridgehead atoms. The number of benzene rings is 1. The van der Waals surface area contributed by atoms with Crippen molar-refractivity contribution in [3.63, 3.8) is 0 Å².